The van der Waals surface area contributed by atoms with Crippen LogP contribution in [0.15, 0.2) is 46.3 Å². The van der Waals surface area contributed by atoms with E-state index in [0.717, 1.165) is 12.1 Å². The van der Waals surface area contributed by atoms with Gasteiger partial charge in [0, 0.05) is 5.56 Å². The number of nitrogens with one attached hydrogen (secondary N) is 1. The molecule has 0 unspecified atom stereocenters. The molecule has 1 aromatic carbocycles. The van der Waals surface area contributed by atoms with Crippen molar-refractivity contribution in [3.8, 4) is 10.6 Å². The monoisotopic (exact) mass is 381 g/mol. The van der Waals surface area contributed by atoms with Gasteiger partial charge in [0.1, 0.15) is 11.3 Å². The molecular formula is C16H10F3N3O3S. The van der Waals surface area contributed by atoms with Crippen molar-refractivity contribution in [2.45, 2.75) is 6.18 Å². The minimum Gasteiger partial charge on any atom is -0.365 e. The predicted molar refractivity (Wildman–Crippen MR) is 87.7 cm³/mol. The third-order valence-corrected chi connectivity index (χ3v) is 4.25. The van der Waals surface area contributed by atoms with E-state index in [4.69, 9.17) is 10.3 Å². The van der Waals surface area contributed by atoms with Gasteiger partial charge in [-0.25, -0.2) is 0 Å². The fraction of sp³-hybridized carbons (Fsp3) is 0.0625. The summed E-state index contributed by atoms with van der Waals surface area (Å²) in [5.74, 6) is -2.12. The summed E-state index contributed by atoms with van der Waals surface area (Å²) in [6.45, 7) is 0. The first-order valence-electron chi connectivity index (χ1n) is 7.09. The molecule has 0 bridgehead atoms. The zero-order valence-corrected chi connectivity index (χ0v) is 13.6. The number of alkyl halides is 3. The van der Waals surface area contributed by atoms with Crippen molar-refractivity contribution < 1.29 is 27.3 Å². The quantitative estimate of drug-likeness (QED) is 0.719. The van der Waals surface area contributed by atoms with Crippen molar-refractivity contribution in [3.63, 3.8) is 0 Å². The Kier molecular flexibility index (Phi) is 4.51. The lowest BCUT2D eigenvalue weighted by Crippen LogP contribution is -2.18. The summed E-state index contributed by atoms with van der Waals surface area (Å²) in [6, 6.07) is 7.23. The van der Waals surface area contributed by atoms with E-state index in [9.17, 15) is 22.8 Å². The van der Waals surface area contributed by atoms with Gasteiger partial charge in [-0.3, -0.25) is 14.9 Å². The number of carbonyl (C=O) groups is 2. The standard InChI is InChI=1S/C16H10F3N3O3S/c17-16(18,19)9-4-1-3-8(7-9)14(24)21-15-11(13(20)23)12(22-25-15)10-5-2-6-26-10/h1-7H,(H2,20,23)(H,21,24). The van der Waals surface area contributed by atoms with Gasteiger partial charge in [-0.15, -0.1) is 11.3 Å². The van der Waals surface area contributed by atoms with Crippen LogP contribution in [-0.2, 0) is 6.18 Å². The Morgan fingerprint density at radius 3 is 2.58 bits per heavy atom. The Balaban J connectivity index is 1.92. The molecule has 3 aromatic rings. The fourth-order valence-electron chi connectivity index (χ4n) is 2.20. The summed E-state index contributed by atoms with van der Waals surface area (Å²) in [5, 5.41) is 7.71. The highest BCUT2D eigenvalue weighted by Gasteiger charge is 2.31. The fourth-order valence-corrected chi connectivity index (χ4v) is 2.91. The normalized spacial score (nSPS) is 11.3. The number of nitrogens with zero attached hydrogens (tertiary/aromatic N) is 1. The first-order chi connectivity index (χ1) is 12.3. The second-order valence-corrected chi connectivity index (χ2v) is 6.06. The number of primary amides is 1. The summed E-state index contributed by atoms with van der Waals surface area (Å²) < 4.78 is 43.3. The van der Waals surface area contributed by atoms with E-state index in [0.29, 0.717) is 10.9 Å². The van der Waals surface area contributed by atoms with E-state index in [1.165, 1.54) is 17.4 Å². The molecule has 3 N–H and O–H groups in total. The lowest BCUT2D eigenvalue weighted by atomic mass is 10.1. The zero-order chi connectivity index (χ0) is 18.9. The summed E-state index contributed by atoms with van der Waals surface area (Å²) in [4.78, 5) is 24.6. The van der Waals surface area contributed by atoms with Gasteiger partial charge < -0.3 is 10.3 Å². The van der Waals surface area contributed by atoms with Crippen molar-refractivity contribution in [1.29, 1.82) is 0 Å². The van der Waals surface area contributed by atoms with Gasteiger partial charge in [0.15, 0.2) is 0 Å². The van der Waals surface area contributed by atoms with Crippen LogP contribution in [0, 0.1) is 0 Å². The molecule has 0 aliphatic heterocycles. The number of hydrogen-bond donors (Lipinski definition) is 2. The molecule has 0 saturated carbocycles. The van der Waals surface area contributed by atoms with Crippen LogP contribution in [0.1, 0.15) is 26.3 Å². The third-order valence-electron chi connectivity index (χ3n) is 3.37. The van der Waals surface area contributed by atoms with Crippen molar-refractivity contribution in [2.75, 3.05) is 5.32 Å². The SMILES string of the molecule is NC(=O)c1c(-c2cccs2)noc1NC(=O)c1cccc(C(F)(F)F)c1. The van der Waals surface area contributed by atoms with E-state index >= 15 is 0 Å². The Bertz CT molecular complexity index is 965. The number of rotatable bonds is 4. The predicted octanol–water partition coefficient (Wildman–Crippen LogP) is 3.77. The molecule has 0 spiro atoms. The number of halogens is 3. The maximum absolute atomic E-state index is 12.8. The molecule has 6 nitrogen and oxygen atoms in total. The number of amides is 2. The van der Waals surface area contributed by atoms with E-state index in [-0.39, 0.29) is 22.7 Å². The molecule has 26 heavy (non-hydrogen) atoms. The van der Waals surface area contributed by atoms with Crippen LogP contribution in [0.4, 0.5) is 19.1 Å². The van der Waals surface area contributed by atoms with Crippen LogP contribution in [0.3, 0.4) is 0 Å². The maximum atomic E-state index is 12.8. The first kappa shape index (κ1) is 17.7. The number of benzene rings is 1. The lowest BCUT2D eigenvalue weighted by molar-refractivity contribution is -0.137. The Morgan fingerprint density at radius 1 is 1.19 bits per heavy atom. The van der Waals surface area contributed by atoms with Crippen LogP contribution in [0.25, 0.3) is 10.6 Å². The van der Waals surface area contributed by atoms with Gasteiger partial charge in [0.25, 0.3) is 11.8 Å². The van der Waals surface area contributed by atoms with Gasteiger partial charge >= 0.3 is 6.18 Å². The van der Waals surface area contributed by atoms with Gasteiger partial charge in [-0.05, 0) is 29.6 Å². The Hall–Kier alpha value is -3.14. The van der Waals surface area contributed by atoms with E-state index < -0.39 is 23.6 Å². The molecule has 0 atom stereocenters. The molecule has 0 aliphatic rings. The summed E-state index contributed by atoms with van der Waals surface area (Å²) in [6.07, 6.45) is -4.59. The average molecular weight is 381 g/mol. The second-order valence-electron chi connectivity index (χ2n) is 5.11. The molecule has 0 aliphatic carbocycles. The number of anilines is 1. The summed E-state index contributed by atoms with van der Waals surface area (Å²) in [7, 11) is 0. The van der Waals surface area contributed by atoms with Crippen LogP contribution in [0.5, 0.6) is 0 Å². The lowest BCUT2D eigenvalue weighted by Gasteiger charge is -2.08. The summed E-state index contributed by atoms with van der Waals surface area (Å²) >= 11 is 1.27. The van der Waals surface area contributed by atoms with Gasteiger partial charge in [-0.2, -0.15) is 13.2 Å². The molecule has 0 radical (unpaired) electrons. The molecule has 0 fully saturated rings. The molecule has 3 rings (SSSR count). The highest BCUT2D eigenvalue weighted by molar-refractivity contribution is 7.13. The second kappa shape index (κ2) is 6.64. The topological polar surface area (TPSA) is 98.2 Å². The van der Waals surface area contributed by atoms with Crippen molar-refractivity contribution >= 4 is 29.0 Å². The molecular weight excluding hydrogens is 371 g/mol. The minimum atomic E-state index is -4.59. The van der Waals surface area contributed by atoms with Crippen LogP contribution < -0.4 is 11.1 Å². The van der Waals surface area contributed by atoms with Crippen molar-refractivity contribution in [3.05, 3.63) is 58.5 Å². The van der Waals surface area contributed by atoms with E-state index in [2.05, 4.69) is 10.5 Å². The third kappa shape index (κ3) is 3.45. The molecule has 10 heteroatoms. The highest BCUT2D eigenvalue weighted by atomic mass is 32.1. The first-order valence-corrected chi connectivity index (χ1v) is 7.97. The molecule has 2 aromatic heterocycles. The van der Waals surface area contributed by atoms with Crippen molar-refractivity contribution in [2.24, 2.45) is 5.73 Å². The summed E-state index contributed by atoms with van der Waals surface area (Å²) in [5.41, 5.74) is 4.08. The van der Waals surface area contributed by atoms with Crippen LogP contribution in [-0.4, -0.2) is 17.0 Å². The molecule has 2 amide bonds. The highest BCUT2D eigenvalue weighted by Crippen LogP contribution is 2.32. The Morgan fingerprint density at radius 2 is 1.96 bits per heavy atom. The number of carbonyl (C=O) groups excluding carboxylic acids is 2. The van der Waals surface area contributed by atoms with Crippen LogP contribution in [0.2, 0.25) is 0 Å². The molecule has 2 heterocycles. The zero-order valence-electron chi connectivity index (χ0n) is 12.8. The maximum Gasteiger partial charge on any atom is 0.416 e. The smallest absolute Gasteiger partial charge is 0.365 e. The molecule has 0 saturated heterocycles. The van der Waals surface area contributed by atoms with E-state index in [1.807, 2.05) is 0 Å². The largest absolute Gasteiger partial charge is 0.416 e. The van der Waals surface area contributed by atoms with Gasteiger partial charge in [0.2, 0.25) is 5.88 Å². The average Bonchev–Trinajstić information content (AvgIpc) is 3.23. The van der Waals surface area contributed by atoms with Gasteiger partial charge in [-0.1, -0.05) is 17.3 Å². The number of hydrogen-bond acceptors (Lipinski definition) is 5. The Labute approximate surface area is 148 Å². The van der Waals surface area contributed by atoms with Gasteiger partial charge in [0.05, 0.1) is 10.4 Å². The number of aromatic nitrogens is 1. The number of thiophene rings is 1. The number of nitrogens with two attached hydrogens (primary N) is 1. The minimum absolute atomic E-state index is 0.145. The molecule has 134 valence electrons. The van der Waals surface area contributed by atoms with E-state index in [1.54, 1.807) is 17.5 Å². The van der Waals surface area contributed by atoms with Crippen LogP contribution >= 0.6 is 11.3 Å². The van der Waals surface area contributed by atoms with Crippen molar-refractivity contribution in [1.82, 2.24) is 5.16 Å².